The van der Waals surface area contributed by atoms with Gasteiger partial charge >= 0.3 is 0 Å². The van der Waals surface area contributed by atoms with Crippen LogP contribution in [-0.4, -0.2) is 13.2 Å². The second-order valence-electron chi connectivity index (χ2n) is 7.65. The van der Waals surface area contributed by atoms with Gasteiger partial charge in [-0.05, 0) is 74.7 Å². The Morgan fingerprint density at radius 2 is 2.00 bits per heavy atom. The fourth-order valence-electron chi connectivity index (χ4n) is 5.03. The van der Waals surface area contributed by atoms with E-state index in [0.29, 0.717) is 5.41 Å². The van der Waals surface area contributed by atoms with E-state index in [1.165, 1.54) is 63.4 Å². The van der Waals surface area contributed by atoms with Crippen molar-refractivity contribution >= 4 is 0 Å². The van der Waals surface area contributed by atoms with Gasteiger partial charge in [0.05, 0.1) is 0 Å². The molecule has 3 saturated carbocycles. The maximum Gasteiger partial charge on any atom is 0.0496 e. The summed E-state index contributed by atoms with van der Waals surface area (Å²) in [5, 5.41) is 0. The van der Waals surface area contributed by atoms with Gasteiger partial charge in [-0.2, -0.15) is 0 Å². The molecule has 0 heterocycles. The predicted molar refractivity (Wildman–Crippen MR) is 93.0 cm³/mol. The van der Waals surface area contributed by atoms with Crippen molar-refractivity contribution in [3.8, 4) is 0 Å². The first-order valence-electron chi connectivity index (χ1n) is 9.43. The monoisotopic (exact) mass is 300 g/mol. The number of hydrogen-bond acceptors (Lipinski definition) is 1. The fraction of sp³-hybridized carbons (Fsp3) is 0.714. The van der Waals surface area contributed by atoms with E-state index in [1.54, 1.807) is 0 Å². The predicted octanol–water partition coefficient (Wildman–Crippen LogP) is 5.63. The Kier molecular flexibility index (Phi) is 5.57. The molecule has 3 aliphatic rings. The van der Waals surface area contributed by atoms with Crippen molar-refractivity contribution in [2.45, 2.75) is 64.7 Å². The highest BCUT2D eigenvalue weighted by atomic mass is 16.5. The van der Waals surface area contributed by atoms with Crippen LogP contribution in [0.2, 0.25) is 0 Å². The van der Waals surface area contributed by atoms with Crippen molar-refractivity contribution in [1.29, 1.82) is 0 Å². The number of aryl methyl sites for hydroxylation is 1. The van der Waals surface area contributed by atoms with Gasteiger partial charge in [0.25, 0.3) is 0 Å². The van der Waals surface area contributed by atoms with Crippen LogP contribution in [0.5, 0.6) is 0 Å². The van der Waals surface area contributed by atoms with E-state index in [0.717, 1.165) is 25.0 Å². The summed E-state index contributed by atoms with van der Waals surface area (Å²) < 4.78 is 5.80. The minimum Gasteiger partial charge on any atom is -0.381 e. The first kappa shape index (κ1) is 16.1. The molecule has 1 aromatic carbocycles. The maximum atomic E-state index is 5.80. The molecule has 0 radical (unpaired) electrons. The van der Waals surface area contributed by atoms with Gasteiger partial charge < -0.3 is 4.74 Å². The molecule has 122 valence electrons. The lowest BCUT2D eigenvalue weighted by molar-refractivity contribution is 0.0246. The maximum absolute atomic E-state index is 5.80. The summed E-state index contributed by atoms with van der Waals surface area (Å²) in [7, 11) is 0. The summed E-state index contributed by atoms with van der Waals surface area (Å²) in [5.41, 5.74) is 2.15. The van der Waals surface area contributed by atoms with Crippen molar-refractivity contribution < 1.29 is 4.74 Å². The molecule has 3 unspecified atom stereocenters. The lowest BCUT2D eigenvalue weighted by Crippen LogP contribution is -2.33. The molecule has 1 aromatic rings. The van der Waals surface area contributed by atoms with Crippen LogP contribution in [0.4, 0.5) is 0 Å². The SMILES string of the molecule is CCOCC1CC2(CCCc3ccccc3)CCCC1CC2. The Morgan fingerprint density at radius 1 is 1.14 bits per heavy atom. The third kappa shape index (κ3) is 3.93. The highest BCUT2D eigenvalue weighted by molar-refractivity contribution is 5.14. The summed E-state index contributed by atoms with van der Waals surface area (Å²) >= 11 is 0. The number of ether oxygens (including phenoxy) is 1. The molecule has 2 bridgehead atoms. The van der Waals surface area contributed by atoms with Crippen LogP contribution in [0, 0.1) is 17.3 Å². The minimum atomic E-state index is 0.642. The van der Waals surface area contributed by atoms with Crippen LogP contribution in [0.25, 0.3) is 0 Å². The quantitative estimate of drug-likeness (QED) is 0.634. The van der Waals surface area contributed by atoms with E-state index < -0.39 is 0 Å². The fourth-order valence-corrected chi connectivity index (χ4v) is 5.03. The van der Waals surface area contributed by atoms with Gasteiger partial charge in [-0.15, -0.1) is 0 Å². The minimum absolute atomic E-state index is 0.642. The molecule has 0 amide bonds. The van der Waals surface area contributed by atoms with Crippen LogP contribution < -0.4 is 0 Å². The smallest absolute Gasteiger partial charge is 0.0496 e. The van der Waals surface area contributed by atoms with E-state index >= 15 is 0 Å². The Labute approximate surface area is 136 Å². The number of rotatable bonds is 7. The molecular weight excluding hydrogens is 268 g/mol. The van der Waals surface area contributed by atoms with Gasteiger partial charge in [0.1, 0.15) is 0 Å². The van der Waals surface area contributed by atoms with Crippen molar-refractivity contribution in [1.82, 2.24) is 0 Å². The Balaban J connectivity index is 1.56. The molecule has 0 spiro atoms. The summed E-state index contributed by atoms with van der Waals surface area (Å²) in [4.78, 5) is 0. The summed E-state index contributed by atoms with van der Waals surface area (Å²) in [6, 6.07) is 11.0. The number of benzene rings is 1. The highest BCUT2D eigenvalue weighted by Crippen LogP contribution is 2.53. The van der Waals surface area contributed by atoms with Crippen LogP contribution >= 0.6 is 0 Å². The van der Waals surface area contributed by atoms with Crippen LogP contribution in [0.15, 0.2) is 30.3 Å². The van der Waals surface area contributed by atoms with Gasteiger partial charge in [0.2, 0.25) is 0 Å². The average Bonchev–Trinajstić information content (AvgIpc) is 2.86. The third-order valence-electron chi connectivity index (χ3n) is 6.24. The zero-order valence-electron chi connectivity index (χ0n) is 14.2. The lowest BCUT2D eigenvalue weighted by Gasteiger charge is -2.42. The number of fused-ring (bicyclic) bond motifs is 4. The van der Waals surface area contributed by atoms with Gasteiger partial charge in [0, 0.05) is 13.2 Å². The molecule has 3 atom stereocenters. The van der Waals surface area contributed by atoms with Gasteiger partial charge in [0.15, 0.2) is 0 Å². The second kappa shape index (κ2) is 7.64. The molecular formula is C21H32O. The molecule has 0 saturated heterocycles. The lowest BCUT2D eigenvalue weighted by atomic mass is 9.64. The molecule has 0 N–H and O–H groups in total. The summed E-state index contributed by atoms with van der Waals surface area (Å²) in [5.74, 6) is 1.80. The molecule has 0 aliphatic heterocycles. The van der Waals surface area contributed by atoms with E-state index in [1.807, 2.05) is 0 Å². The van der Waals surface area contributed by atoms with Crippen molar-refractivity contribution in [2.24, 2.45) is 17.3 Å². The molecule has 4 rings (SSSR count). The summed E-state index contributed by atoms with van der Waals surface area (Å²) in [6.07, 6.45) is 12.8. The van der Waals surface area contributed by atoms with Crippen molar-refractivity contribution in [2.75, 3.05) is 13.2 Å². The third-order valence-corrected chi connectivity index (χ3v) is 6.24. The molecule has 3 aliphatic carbocycles. The standard InChI is InChI=1S/C21H32O/c1-2-22-17-20-16-21(14-7-11-19(20)12-15-21)13-6-10-18-8-4-3-5-9-18/h3-5,8-9,19-20H,2,6-7,10-17H2,1H3. The molecule has 1 heteroatoms. The van der Waals surface area contributed by atoms with E-state index in [4.69, 9.17) is 4.74 Å². The Hall–Kier alpha value is -0.820. The molecule has 1 nitrogen and oxygen atoms in total. The zero-order valence-corrected chi connectivity index (χ0v) is 14.2. The van der Waals surface area contributed by atoms with Gasteiger partial charge in [-0.3, -0.25) is 0 Å². The van der Waals surface area contributed by atoms with Gasteiger partial charge in [-0.1, -0.05) is 43.2 Å². The first-order valence-corrected chi connectivity index (χ1v) is 9.43. The Morgan fingerprint density at radius 3 is 2.82 bits per heavy atom. The van der Waals surface area contributed by atoms with E-state index in [9.17, 15) is 0 Å². The van der Waals surface area contributed by atoms with E-state index in [2.05, 4.69) is 37.3 Å². The Bertz CT molecular complexity index is 436. The van der Waals surface area contributed by atoms with Crippen molar-refractivity contribution in [3.63, 3.8) is 0 Å². The van der Waals surface area contributed by atoms with Gasteiger partial charge in [-0.25, -0.2) is 0 Å². The molecule has 3 fully saturated rings. The van der Waals surface area contributed by atoms with Crippen LogP contribution in [0.1, 0.15) is 63.9 Å². The average molecular weight is 300 g/mol. The zero-order chi connectivity index (χ0) is 15.3. The number of hydrogen-bond donors (Lipinski definition) is 0. The normalized spacial score (nSPS) is 31.1. The largest absolute Gasteiger partial charge is 0.381 e. The van der Waals surface area contributed by atoms with Crippen molar-refractivity contribution in [3.05, 3.63) is 35.9 Å². The van der Waals surface area contributed by atoms with Crippen LogP contribution in [-0.2, 0) is 11.2 Å². The van der Waals surface area contributed by atoms with Crippen LogP contribution in [0.3, 0.4) is 0 Å². The second-order valence-corrected chi connectivity index (χ2v) is 7.65. The highest BCUT2D eigenvalue weighted by Gasteiger charge is 2.42. The molecule has 0 aromatic heterocycles. The topological polar surface area (TPSA) is 9.23 Å². The summed E-state index contributed by atoms with van der Waals surface area (Å²) in [6.45, 7) is 4.02. The van der Waals surface area contributed by atoms with E-state index in [-0.39, 0.29) is 0 Å². The molecule has 22 heavy (non-hydrogen) atoms. The first-order chi connectivity index (χ1) is 10.8.